The van der Waals surface area contributed by atoms with Crippen molar-refractivity contribution in [2.75, 3.05) is 12.8 Å². The van der Waals surface area contributed by atoms with Gasteiger partial charge in [0.15, 0.2) is 9.84 Å². The van der Waals surface area contributed by atoms with Crippen LogP contribution >= 0.6 is 0 Å². The van der Waals surface area contributed by atoms with Crippen LogP contribution in [0.3, 0.4) is 0 Å². The first kappa shape index (κ1) is 33.6. The summed E-state index contributed by atoms with van der Waals surface area (Å²) in [5.74, 6) is -2.14. The van der Waals surface area contributed by atoms with E-state index < -0.39 is 62.7 Å². The van der Waals surface area contributed by atoms with E-state index in [1.807, 2.05) is 20.8 Å². The zero-order valence-corrected chi connectivity index (χ0v) is 26.5. The van der Waals surface area contributed by atoms with Crippen LogP contribution in [-0.2, 0) is 29.0 Å². The number of rotatable bonds is 9. The average Bonchev–Trinajstić information content (AvgIpc) is 3.37. The molecule has 0 saturated carbocycles. The molecule has 13 heteroatoms. The molecule has 3 heterocycles. The average molecular weight is 616 g/mol. The number of hydrogen-bond acceptors (Lipinski definition) is 9. The van der Waals surface area contributed by atoms with Crippen molar-refractivity contribution < 1.29 is 32.3 Å². The molecule has 1 aliphatic heterocycles. The SMILES string of the molecule is CC(C)(C)OC(=O)C[C@@H](C=CS(C)(=O)=O)NC(=O)[C@H]1CCCN1C(=O)[C@H](NC(=O)c1ccc2ncccc2n1)C(C)(C)C. The van der Waals surface area contributed by atoms with Gasteiger partial charge < -0.3 is 20.3 Å². The highest BCUT2D eigenvalue weighted by Gasteiger charge is 2.42. The fraction of sp³-hybridized carbons (Fsp3) is 0.533. The molecular weight excluding hydrogens is 574 g/mol. The van der Waals surface area contributed by atoms with Gasteiger partial charge in [0, 0.05) is 24.4 Å². The Bertz CT molecular complexity index is 1510. The van der Waals surface area contributed by atoms with E-state index in [9.17, 15) is 27.6 Å². The molecule has 3 atom stereocenters. The number of amides is 3. The smallest absolute Gasteiger partial charge is 0.308 e. The van der Waals surface area contributed by atoms with Crippen LogP contribution in [0.5, 0.6) is 0 Å². The zero-order chi connectivity index (χ0) is 32.2. The topological polar surface area (TPSA) is 165 Å². The summed E-state index contributed by atoms with van der Waals surface area (Å²) in [6.07, 6.45) is 4.45. The molecule has 3 amide bonds. The van der Waals surface area contributed by atoms with Crippen LogP contribution < -0.4 is 10.6 Å². The molecule has 1 aliphatic rings. The number of sulfone groups is 1. The summed E-state index contributed by atoms with van der Waals surface area (Å²) in [4.78, 5) is 63.1. The normalized spacial score (nSPS) is 17.5. The van der Waals surface area contributed by atoms with E-state index in [0.717, 1.165) is 11.7 Å². The van der Waals surface area contributed by atoms with Crippen LogP contribution in [0.1, 0.15) is 71.3 Å². The van der Waals surface area contributed by atoms with Gasteiger partial charge >= 0.3 is 5.97 Å². The summed E-state index contributed by atoms with van der Waals surface area (Å²) < 4.78 is 28.8. The summed E-state index contributed by atoms with van der Waals surface area (Å²) in [5, 5.41) is 6.44. The lowest BCUT2D eigenvalue weighted by atomic mass is 9.85. The highest BCUT2D eigenvalue weighted by atomic mass is 32.2. The van der Waals surface area contributed by atoms with Gasteiger partial charge in [-0.05, 0) is 63.3 Å². The number of nitrogens with zero attached hydrogens (tertiary/aromatic N) is 3. The van der Waals surface area contributed by atoms with Gasteiger partial charge in [-0.1, -0.05) is 26.8 Å². The van der Waals surface area contributed by atoms with Gasteiger partial charge in [0.25, 0.3) is 5.91 Å². The molecule has 234 valence electrons. The molecule has 0 aromatic carbocycles. The Morgan fingerprint density at radius 2 is 1.77 bits per heavy atom. The van der Waals surface area contributed by atoms with Crippen molar-refractivity contribution in [1.29, 1.82) is 0 Å². The first-order valence-corrected chi connectivity index (χ1v) is 16.0. The first-order valence-electron chi connectivity index (χ1n) is 14.1. The Labute approximate surface area is 252 Å². The van der Waals surface area contributed by atoms with Crippen molar-refractivity contribution in [3.05, 3.63) is 47.6 Å². The number of carbonyl (C=O) groups is 4. The Balaban J connectivity index is 1.79. The van der Waals surface area contributed by atoms with Crippen molar-refractivity contribution in [1.82, 2.24) is 25.5 Å². The Hall–Kier alpha value is -3.87. The van der Waals surface area contributed by atoms with E-state index in [1.54, 1.807) is 45.2 Å². The quantitative estimate of drug-likeness (QED) is 0.403. The molecule has 3 rings (SSSR count). The highest BCUT2D eigenvalue weighted by molar-refractivity contribution is 7.93. The minimum absolute atomic E-state index is 0.126. The summed E-state index contributed by atoms with van der Waals surface area (Å²) in [6, 6.07) is 3.82. The molecule has 1 saturated heterocycles. The van der Waals surface area contributed by atoms with Crippen molar-refractivity contribution in [3.8, 4) is 0 Å². The fourth-order valence-corrected chi connectivity index (χ4v) is 5.13. The van der Waals surface area contributed by atoms with Gasteiger partial charge in [0.05, 0.1) is 23.5 Å². The van der Waals surface area contributed by atoms with Crippen molar-refractivity contribution in [3.63, 3.8) is 0 Å². The summed E-state index contributed by atoms with van der Waals surface area (Å²) in [6.45, 7) is 10.8. The van der Waals surface area contributed by atoms with E-state index in [0.29, 0.717) is 23.9 Å². The maximum atomic E-state index is 13.9. The third-order valence-corrected chi connectivity index (χ3v) is 7.26. The summed E-state index contributed by atoms with van der Waals surface area (Å²) in [5.41, 5.74) is -0.194. The molecular formula is C30H41N5O7S. The number of pyridine rings is 2. The number of carbonyl (C=O) groups excluding carboxylic acids is 4. The molecule has 0 unspecified atom stereocenters. The second kappa shape index (κ2) is 13.2. The fourth-order valence-electron chi connectivity index (χ4n) is 4.65. The molecule has 12 nitrogen and oxygen atoms in total. The molecule has 0 spiro atoms. The van der Waals surface area contributed by atoms with E-state index >= 15 is 0 Å². The van der Waals surface area contributed by atoms with Gasteiger partial charge in [0.1, 0.15) is 23.4 Å². The number of hydrogen-bond donors (Lipinski definition) is 2. The number of likely N-dealkylation sites (tertiary alicyclic amines) is 1. The number of ether oxygens (including phenoxy) is 1. The maximum absolute atomic E-state index is 13.9. The van der Waals surface area contributed by atoms with Crippen LogP contribution in [0.2, 0.25) is 0 Å². The van der Waals surface area contributed by atoms with Gasteiger partial charge in [-0.3, -0.25) is 24.2 Å². The monoisotopic (exact) mass is 615 g/mol. The standard InChI is InChI=1S/C30H41N5O7S/c1-29(2,3)25(34-26(37)22-13-12-20-21(33-22)10-8-15-31-20)28(39)35-16-9-11-23(35)27(38)32-19(14-17-43(7,40)41)18-24(36)42-30(4,5)6/h8,10,12-15,17,19,23,25H,9,11,16,18H2,1-7H3,(H,32,38)(H,34,37)/t19-,23-,25+/m1/s1. The van der Waals surface area contributed by atoms with Crippen molar-refractivity contribution in [2.45, 2.75) is 84.5 Å². The summed E-state index contributed by atoms with van der Waals surface area (Å²) in [7, 11) is -3.54. The lowest BCUT2D eigenvalue weighted by molar-refractivity contribution is -0.155. The molecule has 43 heavy (non-hydrogen) atoms. The second-order valence-electron chi connectivity index (χ2n) is 12.8. The molecule has 2 aromatic heterocycles. The molecule has 0 radical (unpaired) electrons. The van der Waals surface area contributed by atoms with Crippen LogP contribution in [0, 0.1) is 5.41 Å². The lowest BCUT2D eigenvalue weighted by Gasteiger charge is -2.35. The van der Waals surface area contributed by atoms with Crippen LogP contribution in [0.25, 0.3) is 11.0 Å². The Kier molecular flexibility index (Phi) is 10.3. The second-order valence-corrected chi connectivity index (χ2v) is 14.7. The Morgan fingerprint density at radius 1 is 1.07 bits per heavy atom. The number of aromatic nitrogens is 2. The molecule has 1 fully saturated rings. The highest BCUT2D eigenvalue weighted by Crippen LogP contribution is 2.26. The Morgan fingerprint density at radius 3 is 2.40 bits per heavy atom. The number of nitrogens with one attached hydrogen (secondary N) is 2. The van der Waals surface area contributed by atoms with E-state index in [1.165, 1.54) is 17.0 Å². The van der Waals surface area contributed by atoms with Crippen LogP contribution in [0.4, 0.5) is 0 Å². The molecule has 0 bridgehead atoms. The predicted octanol–water partition coefficient (Wildman–Crippen LogP) is 2.54. The third-order valence-electron chi connectivity index (χ3n) is 6.61. The van der Waals surface area contributed by atoms with Gasteiger partial charge in [-0.15, -0.1) is 0 Å². The van der Waals surface area contributed by atoms with Crippen molar-refractivity contribution >= 4 is 44.6 Å². The van der Waals surface area contributed by atoms with Gasteiger partial charge in [-0.2, -0.15) is 0 Å². The minimum atomic E-state index is -3.54. The van der Waals surface area contributed by atoms with Gasteiger partial charge in [0.2, 0.25) is 11.8 Å². The molecule has 2 N–H and O–H groups in total. The largest absolute Gasteiger partial charge is 0.460 e. The third kappa shape index (κ3) is 9.84. The first-order chi connectivity index (χ1) is 19.8. The molecule has 0 aliphatic carbocycles. The number of esters is 1. The maximum Gasteiger partial charge on any atom is 0.308 e. The zero-order valence-electron chi connectivity index (χ0n) is 25.7. The number of fused-ring (bicyclic) bond motifs is 1. The van der Waals surface area contributed by atoms with Crippen LogP contribution in [0.15, 0.2) is 41.9 Å². The van der Waals surface area contributed by atoms with Crippen LogP contribution in [-0.4, -0.2) is 83.5 Å². The minimum Gasteiger partial charge on any atom is -0.460 e. The predicted molar refractivity (Wildman–Crippen MR) is 161 cm³/mol. The van der Waals surface area contributed by atoms with Gasteiger partial charge in [-0.25, -0.2) is 13.4 Å². The van der Waals surface area contributed by atoms with E-state index in [2.05, 4.69) is 20.6 Å². The van der Waals surface area contributed by atoms with E-state index in [-0.39, 0.29) is 18.7 Å². The van der Waals surface area contributed by atoms with Crippen molar-refractivity contribution in [2.24, 2.45) is 5.41 Å². The van der Waals surface area contributed by atoms with E-state index in [4.69, 9.17) is 4.74 Å². The molecule has 2 aromatic rings. The summed E-state index contributed by atoms with van der Waals surface area (Å²) >= 11 is 0. The lowest BCUT2D eigenvalue weighted by Crippen LogP contribution is -2.58.